The lowest BCUT2D eigenvalue weighted by Gasteiger charge is -2.27. The number of hydrogen-bond acceptors (Lipinski definition) is 12. The fourth-order valence-electron chi connectivity index (χ4n) is 8.46. The Balaban J connectivity index is 0.000000165. The minimum Gasteiger partial charge on any atom is -0.306 e. The summed E-state index contributed by atoms with van der Waals surface area (Å²) in [6, 6.07) is 20.8. The first kappa shape index (κ1) is 45.3. The van der Waals surface area contributed by atoms with Crippen LogP contribution in [0.4, 0.5) is 0 Å². The van der Waals surface area contributed by atoms with Crippen molar-refractivity contribution in [1.82, 2.24) is 37.7 Å². The van der Waals surface area contributed by atoms with Gasteiger partial charge in [0, 0.05) is 73.8 Å². The average molecular weight is 1010 g/mol. The molecule has 2 saturated heterocycles. The number of nitrogens with zero attached hydrogens (tertiary/aromatic N) is 8. The highest BCUT2D eigenvalue weighted by Crippen LogP contribution is 2.39. The summed E-state index contributed by atoms with van der Waals surface area (Å²) in [6.07, 6.45) is 13.1. The maximum absolute atomic E-state index is 13.5. The minimum atomic E-state index is -3.80. The van der Waals surface area contributed by atoms with E-state index >= 15 is 0 Å². The van der Waals surface area contributed by atoms with Crippen molar-refractivity contribution in [2.45, 2.75) is 61.2 Å². The first-order chi connectivity index (χ1) is 31.3. The molecule has 6 aromatic heterocycles. The Morgan fingerprint density at radius 2 is 1.08 bits per heavy atom. The van der Waals surface area contributed by atoms with Crippen molar-refractivity contribution in [1.29, 1.82) is 0 Å². The van der Waals surface area contributed by atoms with Gasteiger partial charge in [0.2, 0.25) is 0 Å². The number of fused-ring (bicyclic) bond motifs is 2. The largest absolute Gasteiger partial charge is 0.306 e. The second-order valence-corrected chi connectivity index (χ2v) is 23.3. The van der Waals surface area contributed by atoms with Crippen LogP contribution in [-0.2, 0) is 20.0 Å². The molecule has 2 aromatic carbocycles. The molecule has 0 unspecified atom stereocenters. The van der Waals surface area contributed by atoms with Crippen LogP contribution in [0.5, 0.6) is 0 Å². The number of allylic oxidation sites excluding steroid dienone is 1. The van der Waals surface area contributed by atoms with E-state index in [2.05, 4.69) is 55.2 Å². The fourth-order valence-corrected chi connectivity index (χ4v) is 13.5. The molecule has 2 fully saturated rings. The van der Waals surface area contributed by atoms with Gasteiger partial charge in [-0.15, -0.1) is 22.7 Å². The molecule has 2 aliphatic rings. The van der Waals surface area contributed by atoms with Gasteiger partial charge >= 0.3 is 0 Å². The first-order valence-corrected chi connectivity index (χ1v) is 26.9. The maximum atomic E-state index is 13.5. The molecule has 17 heteroatoms. The molecule has 0 spiro atoms. The third-order valence-electron chi connectivity index (χ3n) is 12.0. The maximum Gasteiger partial charge on any atom is 0.269 e. The number of aromatic nitrogens is 6. The van der Waals surface area contributed by atoms with Crippen LogP contribution in [-0.4, -0.2) is 94.8 Å². The van der Waals surface area contributed by atoms with Crippen LogP contribution in [0.3, 0.4) is 0 Å². The number of pyridine rings is 2. The SMILES string of the molecule is CC(C)=Cc1cnc2c(c1)c(-c1csc(C3CCN(C)CC3)n1)cn2S(=O)(=O)c1ccccc1.CN1CCC(c2nc(-c3cn(S(=O)(=O)c4ccccc4)c4ncc(Br)cc34)cs2)CC1. The van der Waals surface area contributed by atoms with Gasteiger partial charge in [-0.25, -0.2) is 44.7 Å². The van der Waals surface area contributed by atoms with E-state index in [9.17, 15) is 16.8 Å². The van der Waals surface area contributed by atoms with E-state index in [0.29, 0.717) is 23.1 Å². The zero-order valence-electron chi connectivity index (χ0n) is 36.5. The van der Waals surface area contributed by atoms with Gasteiger partial charge in [-0.3, -0.25) is 0 Å². The average Bonchev–Trinajstić information content (AvgIpc) is 4.13. The lowest BCUT2D eigenvalue weighted by Crippen LogP contribution is -2.29. The second kappa shape index (κ2) is 18.8. The topological polar surface area (TPSA) is 136 Å². The predicted octanol–water partition coefficient (Wildman–Crippen LogP) is 10.6. The summed E-state index contributed by atoms with van der Waals surface area (Å²) >= 11 is 6.80. The Morgan fingerprint density at radius 1 is 0.646 bits per heavy atom. The number of hydrogen-bond donors (Lipinski definition) is 0. The summed E-state index contributed by atoms with van der Waals surface area (Å²) in [5, 5.41) is 7.88. The molecular formula is C48H49BrN8O4S4. The van der Waals surface area contributed by atoms with Crippen molar-refractivity contribution in [3.05, 3.63) is 134 Å². The van der Waals surface area contributed by atoms with E-state index in [1.54, 1.807) is 102 Å². The van der Waals surface area contributed by atoms with E-state index in [-0.39, 0.29) is 9.79 Å². The summed E-state index contributed by atoms with van der Waals surface area (Å²) in [7, 11) is -3.27. The quantitative estimate of drug-likeness (QED) is 0.137. The van der Waals surface area contributed by atoms with E-state index < -0.39 is 20.0 Å². The monoisotopic (exact) mass is 1010 g/mol. The predicted molar refractivity (Wildman–Crippen MR) is 266 cm³/mol. The van der Waals surface area contributed by atoms with Gasteiger partial charge in [0.15, 0.2) is 11.3 Å². The molecule has 65 heavy (non-hydrogen) atoms. The highest BCUT2D eigenvalue weighted by atomic mass is 79.9. The molecule has 12 nitrogen and oxygen atoms in total. The fraction of sp³-hybridized carbons (Fsp3) is 0.292. The molecule has 0 radical (unpaired) electrons. The van der Waals surface area contributed by atoms with Gasteiger partial charge in [-0.2, -0.15) is 0 Å². The van der Waals surface area contributed by atoms with Crippen LogP contribution in [0, 0.1) is 0 Å². The van der Waals surface area contributed by atoms with E-state index in [0.717, 1.165) is 111 Å². The molecule has 336 valence electrons. The van der Waals surface area contributed by atoms with Crippen molar-refractivity contribution >= 4 is 86.8 Å². The van der Waals surface area contributed by atoms with Crippen molar-refractivity contribution in [3.63, 3.8) is 0 Å². The van der Waals surface area contributed by atoms with Gasteiger partial charge in [0.05, 0.1) is 31.2 Å². The van der Waals surface area contributed by atoms with Gasteiger partial charge in [0.25, 0.3) is 20.0 Å². The lowest BCUT2D eigenvalue weighted by molar-refractivity contribution is 0.255. The van der Waals surface area contributed by atoms with Crippen molar-refractivity contribution in [3.8, 4) is 22.5 Å². The number of rotatable bonds is 9. The molecule has 0 amide bonds. The second-order valence-electron chi connectivity index (χ2n) is 17.0. The molecule has 8 aromatic rings. The third kappa shape index (κ3) is 9.42. The standard InChI is InChI=1S/C26H28N4O2S2.C22H21BrN4O2S2/c1-18(2)13-19-14-22-23(24-17-33-26(28-24)20-9-11-29(3)12-10-20)16-30(25(22)27-15-19)34(31,32)21-7-5-4-6-8-21;1-26-9-7-15(8-10-26)22-25-20(14-30-22)19-13-27(21-18(19)11-16(23)12-24-21)31(28,29)17-5-3-2-4-6-17/h4-8,13-17,20H,9-12H2,1-3H3;2-6,11-15H,7-10H2,1H3. The van der Waals surface area contributed by atoms with Crippen molar-refractivity contribution in [2.24, 2.45) is 0 Å². The number of thiazole rings is 2. The molecule has 0 saturated carbocycles. The molecule has 0 atom stereocenters. The molecule has 0 bridgehead atoms. The number of halogens is 1. The normalized spacial score (nSPS) is 15.9. The van der Waals surface area contributed by atoms with E-state index in [1.165, 1.54) is 7.94 Å². The Hall–Kier alpha value is -4.88. The van der Waals surface area contributed by atoms with Gasteiger partial charge in [0.1, 0.15) is 0 Å². The van der Waals surface area contributed by atoms with Crippen LogP contribution >= 0.6 is 38.6 Å². The van der Waals surface area contributed by atoms with Crippen molar-refractivity contribution < 1.29 is 16.8 Å². The van der Waals surface area contributed by atoms with Crippen LogP contribution < -0.4 is 0 Å². The third-order valence-corrected chi connectivity index (χ3v) is 17.8. The molecule has 10 rings (SSSR count). The van der Waals surface area contributed by atoms with Crippen LogP contribution in [0.1, 0.15) is 66.9 Å². The summed E-state index contributed by atoms with van der Waals surface area (Å²) in [6.45, 7) is 8.36. The lowest BCUT2D eigenvalue weighted by atomic mass is 9.98. The Kier molecular flexibility index (Phi) is 13.1. The van der Waals surface area contributed by atoms with Gasteiger partial charge < -0.3 is 9.80 Å². The highest BCUT2D eigenvalue weighted by molar-refractivity contribution is 9.10. The molecular weight excluding hydrogens is 961 g/mol. The number of piperidine rings is 2. The zero-order valence-corrected chi connectivity index (χ0v) is 41.4. The summed E-state index contributed by atoms with van der Waals surface area (Å²) in [5.74, 6) is 0.914. The van der Waals surface area contributed by atoms with E-state index in [1.807, 2.05) is 43.5 Å². The summed E-state index contributed by atoms with van der Waals surface area (Å²) in [5.41, 5.74) is 6.08. The molecule has 0 aliphatic carbocycles. The molecule has 2 aliphatic heterocycles. The first-order valence-electron chi connectivity index (χ1n) is 21.5. The smallest absolute Gasteiger partial charge is 0.269 e. The van der Waals surface area contributed by atoms with Crippen LogP contribution in [0.2, 0.25) is 0 Å². The summed E-state index contributed by atoms with van der Waals surface area (Å²) < 4.78 is 57.1. The minimum absolute atomic E-state index is 0.230. The van der Waals surface area contributed by atoms with E-state index in [4.69, 9.17) is 9.97 Å². The Labute approximate surface area is 396 Å². The van der Waals surface area contributed by atoms with Gasteiger partial charge in [-0.1, -0.05) is 48.0 Å². The molecule has 8 heterocycles. The van der Waals surface area contributed by atoms with Crippen LogP contribution in [0.15, 0.2) is 128 Å². The molecule has 0 N–H and O–H groups in total. The zero-order chi connectivity index (χ0) is 45.5. The Morgan fingerprint density at radius 3 is 1.52 bits per heavy atom. The van der Waals surface area contributed by atoms with Crippen molar-refractivity contribution in [2.75, 3.05) is 40.3 Å². The number of benzene rings is 2. The summed E-state index contributed by atoms with van der Waals surface area (Å²) in [4.78, 5) is 24.1. The highest BCUT2D eigenvalue weighted by Gasteiger charge is 2.28. The van der Waals surface area contributed by atoms with Gasteiger partial charge in [-0.05, 0) is 138 Å². The Bertz CT molecular complexity index is 3230. The van der Waals surface area contributed by atoms with Crippen LogP contribution in [0.25, 0.3) is 50.7 Å². The number of likely N-dealkylation sites (tertiary alicyclic amines) is 2.